The number of carbonyl (C=O) groups is 1. The third-order valence-corrected chi connectivity index (χ3v) is 4.07. The van der Waals surface area contributed by atoms with E-state index in [1.54, 1.807) is 46.2 Å². The number of alkyl halides is 3. The van der Waals surface area contributed by atoms with Gasteiger partial charge in [0.15, 0.2) is 5.84 Å². The molecule has 0 heterocycles. The first-order chi connectivity index (χ1) is 15.1. The monoisotopic (exact) mass is 448 g/mol. The minimum Gasteiger partial charge on any atom is -0.501 e. The van der Waals surface area contributed by atoms with Gasteiger partial charge in [-0.15, -0.1) is 0 Å². The fourth-order valence-corrected chi connectivity index (χ4v) is 2.40. The van der Waals surface area contributed by atoms with E-state index in [0.29, 0.717) is 35.0 Å². The van der Waals surface area contributed by atoms with Crippen molar-refractivity contribution in [3.8, 4) is 0 Å². The molecule has 1 rings (SSSR count). The average molecular weight is 448 g/mol. The van der Waals surface area contributed by atoms with E-state index in [1.807, 2.05) is 0 Å². The van der Waals surface area contributed by atoms with Crippen molar-refractivity contribution < 1.29 is 22.7 Å². The van der Waals surface area contributed by atoms with Gasteiger partial charge in [0.1, 0.15) is 12.1 Å². The number of nitrogens with one attached hydrogen (secondary N) is 2. The Hall–Kier alpha value is -3.62. The van der Waals surface area contributed by atoms with Gasteiger partial charge in [-0.3, -0.25) is 9.79 Å². The van der Waals surface area contributed by atoms with E-state index in [-0.39, 0.29) is 12.2 Å². The second-order valence-electron chi connectivity index (χ2n) is 6.44. The van der Waals surface area contributed by atoms with Crippen molar-refractivity contribution in [2.45, 2.75) is 20.0 Å². The molecule has 0 aliphatic rings. The number of halogens is 3. The van der Waals surface area contributed by atoms with Gasteiger partial charge in [-0.05, 0) is 50.3 Å². The van der Waals surface area contributed by atoms with E-state index in [2.05, 4.69) is 27.2 Å². The molecule has 0 fully saturated rings. The Labute approximate surface area is 186 Å². The average Bonchev–Trinajstić information content (AvgIpc) is 2.76. The number of hydrogen-bond acceptors (Lipinski definition) is 4. The summed E-state index contributed by atoms with van der Waals surface area (Å²) in [5.74, 6) is 1.50. The molecule has 9 heteroatoms. The largest absolute Gasteiger partial charge is 0.501 e. The van der Waals surface area contributed by atoms with Crippen LogP contribution in [0.3, 0.4) is 0 Å². The second kappa shape index (κ2) is 12.9. The van der Waals surface area contributed by atoms with Crippen LogP contribution in [-0.4, -0.2) is 38.7 Å². The maximum absolute atomic E-state index is 12.9. The van der Waals surface area contributed by atoms with Crippen LogP contribution in [0.25, 0.3) is 0 Å². The SMILES string of the molecule is C=C/C(=C\C=C(/C)OC)C(N=C(C)N/C(=C\C=O)CNc1cccc(C(F)(F)F)c1)=NC. The first-order valence-electron chi connectivity index (χ1n) is 9.54. The van der Waals surface area contributed by atoms with Crippen molar-refractivity contribution in [1.29, 1.82) is 0 Å². The van der Waals surface area contributed by atoms with Crippen molar-refractivity contribution in [3.63, 3.8) is 0 Å². The highest BCUT2D eigenvalue weighted by atomic mass is 19.4. The molecule has 0 aliphatic carbocycles. The number of aliphatic imine (C=N–C) groups is 2. The molecule has 0 aliphatic heterocycles. The van der Waals surface area contributed by atoms with Gasteiger partial charge in [0.05, 0.1) is 25.0 Å². The normalized spacial score (nSPS) is 14.2. The number of nitrogens with zero attached hydrogens (tertiary/aromatic N) is 2. The minimum absolute atomic E-state index is 0.0748. The summed E-state index contributed by atoms with van der Waals surface area (Å²) < 4.78 is 43.7. The highest BCUT2D eigenvalue weighted by Crippen LogP contribution is 2.30. The van der Waals surface area contributed by atoms with Gasteiger partial charge in [-0.2, -0.15) is 13.2 Å². The standard InChI is InChI=1S/C23H27F3N4O2/c1-6-18(11-10-16(2)32-5)22(27-4)30-17(3)29-21(12-13-31)15-28-20-9-7-8-19(14-20)23(24,25)26/h6-14,28H,1,15H2,2-5H3,(H,27,29,30)/b16-10+,18-11+,21-12-. The minimum atomic E-state index is -4.44. The highest BCUT2D eigenvalue weighted by molar-refractivity contribution is 6.07. The second-order valence-corrected chi connectivity index (χ2v) is 6.44. The van der Waals surface area contributed by atoms with Crippen molar-refractivity contribution in [2.75, 3.05) is 26.0 Å². The molecular weight excluding hydrogens is 421 g/mol. The van der Waals surface area contributed by atoms with Crippen LogP contribution in [0.1, 0.15) is 19.4 Å². The van der Waals surface area contributed by atoms with Gasteiger partial charge in [0.2, 0.25) is 0 Å². The van der Waals surface area contributed by atoms with E-state index in [0.717, 1.165) is 12.1 Å². The maximum atomic E-state index is 12.9. The summed E-state index contributed by atoms with van der Waals surface area (Å²) >= 11 is 0. The number of hydrogen-bond donors (Lipinski definition) is 2. The van der Waals surface area contributed by atoms with E-state index >= 15 is 0 Å². The molecule has 0 radical (unpaired) electrons. The van der Waals surface area contributed by atoms with Crippen LogP contribution in [0.5, 0.6) is 0 Å². The summed E-state index contributed by atoms with van der Waals surface area (Å²) in [4.78, 5) is 19.6. The van der Waals surface area contributed by atoms with E-state index in [1.165, 1.54) is 18.2 Å². The third kappa shape index (κ3) is 9.03. The fourth-order valence-electron chi connectivity index (χ4n) is 2.40. The number of methoxy groups -OCH3 is 1. The molecule has 1 aromatic rings. The van der Waals surface area contributed by atoms with Crippen LogP contribution >= 0.6 is 0 Å². The number of carbonyl (C=O) groups excluding carboxylic acids is 1. The van der Waals surface area contributed by atoms with Crippen LogP contribution < -0.4 is 10.6 Å². The lowest BCUT2D eigenvalue weighted by Gasteiger charge is -2.14. The smallest absolute Gasteiger partial charge is 0.416 e. The number of amidine groups is 2. The van der Waals surface area contributed by atoms with Gasteiger partial charge >= 0.3 is 6.18 Å². The predicted octanol–water partition coefficient (Wildman–Crippen LogP) is 4.90. The number of anilines is 1. The fraction of sp³-hybridized carbons (Fsp3) is 0.261. The molecule has 32 heavy (non-hydrogen) atoms. The molecule has 0 atom stereocenters. The summed E-state index contributed by atoms with van der Waals surface area (Å²) in [5, 5.41) is 5.83. The summed E-state index contributed by atoms with van der Waals surface area (Å²) in [7, 11) is 3.14. The zero-order valence-electron chi connectivity index (χ0n) is 18.5. The predicted molar refractivity (Wildman–Crippen MR) is 123 cm³/mol. The van der Waals surface area contributed by atoms with Gasteiger partial charge in [0.25, 0.3) is 0 Å². The molecule has 0 saturated carbocycles. The Morgan fingerprint density at radius 1 is 1.22 bits per heavy atom. The molecule has 0 bridgehead atoms. The highest BCUT2D eigenvalue weighted by Gasteiger charge is 2.30. The number of allylic oxidation sites excluding steroid dienone is 4. The Balaban J connectivity index is 2.97. The molecule has 0 aromatic heterocycles. The number of ether oxygens (including phenoxy) is 1. The summed E-state index contributed by atoms with van der Waals surface area (Å²) in [6.07, 6.45) is 2.49. The van der Waals surface area contributed by atoms with Crippen LogP contribution in [0.4, 0.5) is 18.9 Å². The van der Waals surface area contributed by atoms with Crippen LogP contribution in [-0.2, 0) is 15.7 Å². The first kappa shape index (κ1) is 26.4. The Morgan fingerprint density at radius 2 is 1.94 bits per heavy atom. The summed E-state index contributed by atoms with van der Waals surface area (Å²) in [5.41, 5.74) is 0.557. The number of benzene rings is 1. The van der Waals surface area contributed by atoms with Gasteiger partial charge < -0.3 is 15.4 Å². The number of aldehydes is 1. The van der Waals surface area contributed by atoms with Gasteiger partial charge in [0, 0.05) is 24.0 Å². The summed E-state index contributed by atoms with van der Waals surface area (Å²) in [6, 6.07) is 4.80. The molecule has 0 amide bonds. The lowest BCUT2D eigenvalue weighted by molar-refractivity contribution is -0.137. The van der Waals surface area contributed by atoms with Crippen molar-refractivity contribution in [1.82, 2.24) is 5.32 Å². The first-order valence-corrected chi connectivity index (χ1v) is 9.54. The molecule has 2 N–H and O–H groups in total. The van der Waals surface area contributed by atoms with Crippen molar-refractivity contribution in [2.24, 2.45) is 9.98 Å². The van der Waals surface area contributed by atoms with E-state index in [9.17, 15) is 18.0 Å². The van der Waals surface area contributed by atoms with Crippen LogP contribution in [0.2, 0.25) is 0 Å². The lowest BCUT2D eigenvalue weighted by atomic mass is 10.2. The third-order valence-electron chi connectivity index (χ3n) is 4.07. The zero-order chi connectivity index (χ0) is 24.1. The maximum Gasteiger partial charge on any atom is 0.416 e. The zero-order valence-corrected chi connectivity index (χ0v) is 18.5. The van der Waals surface area contributed by atoms with Crippen molar-refractivity contribution >= 4 is 23.6 Å². The molecule has 0 spiro atoms. The molecule has 1 aromatic carbocycles. The van der Waals surface area contributed by atoms with Gasteiger partial charge in [-0.25, -0.2) is 4.99 Å². The van der Waals surface area contributed by atoms with E-state index < -0.39 is 11.7 Å². The molecule has 6 nitrogen and oxygen atoms in total. The number of rotatable bonds is 9. The van der Waals surface area contributed by atoms with E-state index in [4.69, 9.17) is 4.74 Å². The Morgan fingerprint density at radius 3 is 2.50 bits per heavy atom. The topological polar surface area (TPSA) is 75.1 Å². The van der Waals surface area contributed by atoms with Gasteiger partial charge in [-0.1, -0.05) is 18.7 Å². The Kier molecular flexibility index (Phi) is 10.7. The molecule has 172 valence electrons. The van der Waals surface area contributed by atoms with Crippen molar-refractivity contribution in [3.05, 3.63) is 77.7 Å². The molecule has 0 saturated heterocycles. The van der Waals surface area contributed by atoms with Crippen LogP contribution in [0.15, 0.2) is 82.2 Å². The lowest BCUT2D eigenvalue weighted by Crippen LogP contribution is -2.26. The van der Waals surface area contributed by atoms with Crippen LogP contribution in [0, 0.1) is 0 Å². The molecular formula is C23H27F3N4O2. The molecule has 0 unspecified atom stereocenters. The Bertz CT molecular complexity index is 958. The summed E-state index contributed by atoms with van der Waals surface area (Å²) in [6.45, 7) is 7.30. The quantitative estimate of drug-likeness (QED) is 0.141.